The van der Waals surface area contributed by atoms with Crippen LogP contribution in [0.4, 0.5) is 4.39 Å². The van der Waals surface area contributed by atoms with E-state index in [0.717, 1.165) is 11.1 Å². The summed E-state index contributed by atoms with van der Waals surface area (Å²) < 4.78 is 19.2. The van der Waals surface area contributed by atoms with Crippen LogP contribution in [-0.4, -0.2) is 14.2 Å². The second-order valence-electron chi connectivity index (χ2n) is 4.63. The number of methoxy groups -OCH3 is 1. The molecule has 0 heterocycles. The first kappa shape index (κ1) is 14.8. The highest BCUT2D eigenvalue weighted by atomic mass is 35.5. The predicted octanol–water partition coefficient (Wildman–Crippen LogP) is 4.10. The molecule has 0 aliphatic rings. The van der Waals surface area contributed by atoms with Crippen molar-refractivity contribution >= 4 is 11.6 Å². The fourth-order valence-electron chi connectivity index (χ4n) is 2.21. The molecule has 1 unspecified atom stereocenters. The van der Waals surface area contributed by atoms with Crippen LogP contribution in [0.1, 0.15) is 22.7 Å². The summed E-state index contributed by atoms with van der Waals surface area (Å²) in [7, 11) is 3.30. The van der Waals surface area contributed by atoms with Crippen LogP contribution in [0.15, 0.2) is 36.4 Å². The van der Waals surface area contributed by atoms with Crippen LogP contribution in [0.2, 0.25) is 5.02 Å². The van der Waals surface area contributed by atoms with Crippen molar-refractivity contribution in [2.45, 2.75) is 13.0 Å². The molecule has 1 atom stereocenters. The molecule has 2 aromatic carbocycles. The minimum absolute atomic E-state index is 0.297. The summed E-state index contributed by atoms with van der Waals surface area (Å²) in [4.78, 5) is 0. The van der Waals surface area contributed by atoms with E-state index in [-0.39, 0.29) is 11.9 Å². The van der Waals surface area contributed by atoms with Gasteiger partial charge in [-0.05, 0) is 37.2 Å². The summed E-state index contributed by atoms with van der Waals surface area (Å²) in [6, 6.07) is 10.3. The van der Waals surface area contributed by atoms with Crippen molar-refractivity contribution in [2.24, 2.45) is 0 Å². The zero-order valence-electron chi connectivity index (χ0n) is 11.7. The molecule has 0 aliphatic carbocycles. The van der Waals surface area contributed by atoms with E-state index in [0.29, 0.717) is 16.3 Å². The van der Waals surface area contributed by atoms with Crippen LogP contribution in [0, 0.1) is 12.7 Å². The summed E-state index contributed by atoms with van der Waals surface area (Å²) in [6.45, 7) is 1.97. The molecular formula is C16H17ClFNO. The molecule has 4 heteroatoms. The molecule has 2 aromatic rings. The number of nitrogens with one attached hydrogen (secondary N) is 1. The molecule has 106 valence electrons. The van der Waals surface area contributed by atoms with Gasteiger partial charge in [-0.25, -0.2) is 4.39 Å². The normalized spacial score (nSPS) is 12.2. The van der Waals surface area contributed by atoms with Crippen molar-refractivity contribution in [1.82, 2.24) is 5.32 Å². The van der Waals surface area contributed by atoms with E-state index >= 15 is 0 Å². The number of ether oxygens (including phenoxy) is 1. The zero-order valence-corrected chi connectivity index (χ0v) is 12.5. The van der Waals surface area contributed by atoms with Crippen LogP contribution < -0.4 is 10.1 Å². The summed E-state index contributed by atoms with van der Waals surface area (Å²) in [5, 5.41) is 3.73. The molecule has 0 radical (unpaired) electrons. The monoisotopic (exact) mass is 293 g/mol. The largest absolute Gasteiger partial charge is 0.497 e. The van der Waals surface area contributed by atoms with Gasteiger partial charge in [0, 0.05) is 16.7 Å². The molecule has 0 saturated carbocycles. The number of benzene rings is 2. The van der Waals surface area contributed by atoms with Gasteiger partial charge < -0.3 is 10.1 Å². The third-order valence-electron chi connectivity index (χ3n) is 3.27. The van der Waals surface area contributed by atoms with Gasteiger partial charge in [-0.15, -0.1) is 0 Å². The van der Waals surface area contributed by atoms with Gasteiger partial charge in [0.1, 0.15) is 11.6 Å². The molecule has 0 fully saturated rings. The van der Waals surface area contributed by atoms with Crippen molar-refractivity contribution in [3.8, 4) is 5.75 Å². The Balaban J connectivity index is 2.47. The fourth-order valence-corrected chi connectivity index (χ4v) is 2.56. The van der Waals surface area contributed by atoms with Crippen molar-refractivity contribution in [3.05, 3.63) is 63.9 Å². The van der Waals surface area contributed by atoms with E-state index in [9.17, 15) is 4.39 Å². The Morgan fingerprint density at radius 3 is 2.40 bits per heavy atom. The van der Waals surface area contributed by atoms with E-state index < -0.39 is 0 Å². The lowest BCUT2D eigenvalue weighted by Crippen LogP contribution is -2.19. The Morgan fingerprint density at radius 2 is 1.85 bits per heavy atom. The van der Waals surface area contributed by atoms with Crippen molar-refractivity contribution in [3.63, 3.8) is 0 Å². The van der Waals surface area contributed by atoms with E-state index in [2.05, 4.69) is 5.32 Å². The lowest BCUT2D eigenvalue weighted by molar-refractivity contribution is 0.410. The van der Waals surface area contributed by atoms with Crippen LogP contribution in [0.5, 0.6) is 5.75 Å². The molecule has 0 amide bonds. The zero-order chi connectivity index (χ0) is 14.7. The first-order chi connectivity index (χ1) is 9.56. The minimum Gasteiger partial charge on any atom is -0.497 e. The Labute approximate surface area is 123 Å². The standard InChI is InChI=1S/C16H17ClFNO/c1-10-4-6-12(14(17)8-10)16(19-2)13-7-5-11(20-3)9-15(13)18/h4-9,16,19H,1-3H3. The number of hydrogen-bond donors (Lipinski definition) is 1. The summed E-state index contributed by atoms with van der Waals surface area (Å²) >= 11 is 6.28. The van der Waals surface area contributed by atoms with Gasteiger partial charge in [-0.1, -0.05) is 29.8 Å². The van der Waals surface area contributed by atoms with Gasteiger partial charge >= 0.3 is 0 Å². The predicted molar refractivity (Wildman–Crippen MR) is 80.0 cm³/mol. The lowest BCUT2D eigenvalue weighted by Gasteiger charge is -2.20. The summed E-state index contributed by atoms with van der Waals surface area (Å²) in [6.07, 6.45) is 0. The van der Waals surface area contributed by atoms with Crippen LogP contribution in [0.3, 0.4) is 0 Å². The van der Waals surface area contributed by atoms with Crippen LogP contribution >= 0.6 is 11.6 Å². The maximum Gasteiger partial charge on any atom is 0.132 e. The second kappa shape index (κ2) is 6.25. The van der Waals surface area contributed by atoms with Crippen molar-refractivity contribution in [2.75, 3.05) is 14.2 Å². The summed E-state index contributed by atoms with van der Waals surface area (Å²) in [5.74, 6) is 0.177. The van der Waals surface area contributed by atoms with Gasteiger partial charge in [0.2, 0.25) is 0 Å². The van der Waals surface area contributed by atoms with E-state index in [1.165, 1.54) is 13.2 Å². The molecule has 0 saturated heterocycles. The fraction of sp³-hybridized carbons (Fsp3) is 0.250. The molecular weight excluding hydrogens is 277 g/mol. The van der Waals surface area contributed by atoms with E-state index in [1.54, 1.807) is 19.2 Å². The maximum atomic E-state index is 14.2. The SMILES string of the molecule is CNC(c1ccc(OC)cc1F)c1ccc(C)cc1Cl. The Hall–Kier alpha value is -1.58. The van der Waals surface area contributed by atoms with Gasteiger partial charge in [-0.2, -0.15) is 0 Å². The Bertz CT molecular complexity index is 615. The average molecular weight is 294 g/mol. The first-order valence-corrected chi connectivity index (χ1v) is 6.71. The molecule has 1 N–H and O–H groups in total. The lowest BCUT2D eigenvalue weighted by atomic mass is 9.97. The third kappa shape index (κ3) is 2.94. The molecule has 0 spiro atoms. The molecule has 0 aliphatic heterocycles. The number of hydrogen-bond acceptors (Lipinski definition) is 2. The number of halogens is 2. The average Bonchev–Trinajstić information content (AvgIpc) is 2.43. The Kier molecular flexibility index (Phi) is 4.63. The second-order valence-corrected chi connectivity index (χ2v) is 5.04. The Morgan fingerprint density at radius 1 is 1.15 bits per heavy atom. The number of rotatable bonds is 4. The van der Waals surface area contributed by atoms with Crippen molar-refractivity contribution in [1.29, 1.82) is 0 Å². The molecule has 2 nitrogen and oxygen atoms in total. The van der Waals surface area contributed by atoms with Crippen LogP contribution in [0.25, 0.3) is 0 Å². The van der Waals surface area contributed by atoms with E-state index in [4.69, 9.17) is 16.3 Å². The van der Waals surface area contributed by atoms with Crippen molar-refractivity contribution < 1.29 is 9.13 Å². The third-order valence-corrected chi connectivity index (χ3v) is 3.60. The molecule has 20 heavy (non-hydrogen) atoms. The highest BCUT2D eigenvalue weighted by molar-refractivity contribution is 6.31. The molecule has 0 bridgehead atoms. The van der Waals surface area contributed by atoms with Gasteiger partial charge in [0.05, 0.1) is 13.2 Å². The van der Waals surface area contributed by atoms with Crippen LogP contribution in [-0.2, 0) is 0 Å². The number of aryl methyl sites for hydroxylation is 1. The maximum absolute atomic E-state index is 14.2. The van der Waals surface area contributed by atoms with Gasteiger partial charge in [-0.3, -0.25) is 0 Å². The summed E-state index contributed by atoms with van der Waals surface area (Å²) in [5.41, 5.74) is 2.46. The van der Waals surface area contributed by atoms with Gasteiger partial charge in [0.15, 0.2) is 0 Å². The first-order valence-electron chi connectivity index (χ1n) is 6.33. The molecule has 2 rings (SSSR count). The topological polar surface area (TPSA) is 21.3 Å². The molecule has 0 aromatic heterocycles. The smallest absolute Gasteiger partial charge is 0.132 e. The van der Waals surface area contributed by atoms with E-state index in [1.807, 2.05) is 25.1 Å². The minimum atomic E-state index is -0.319. The highest BCUT2D eigenvalue weighted by Gasteiger charge is 2.19. The highest BCUT2D eigenvalue weighted by Crippen LogP contribution is 2.31. The van der Waals surface area contributed by atoms with Gasteiger partial charge in [0.25, 0.3) is 0 Å². The quantitative estimate of drug-likeness (QED) is 0.916.